The fraction of sp³-hybridized carbons (Fsp3) is 0.286. The highest BCUT2D eigenvalue weighted by molar-refractivity contribution is 6.30. The number of nitrogens with one attached hydrogen (secondary N) is 2. The van der Waals surface area contributed by atoms with Crippen LogP contribution in [0.1, 0.15) is 18.4 Å². The molecule has 2 N–H and O–H groups in total. The van der Waals surface area contributed by atoms with Gasteiger partial charge in [-0.2, -0.15) is 4.98 Å². The minimum absolute atomic E-state index is 0.272. The summed E-state index contributed by atoms with van der Waals surface area (Å²) in [6, 6.07) is 17.4. The molecule has 0 aliphatic heterocycles. The van der Waals surface area contributed by atoms with E-state index in [0.29, 0.717) is 42.5 Å². The molecule has 0 fully saturated rings. The van der Waals surface area contributed by atoms with Crippen molar-refractivity contribution < 1.29 is 9.26 Å². The van der Waals surface area contributed by atoms with Crippen LogP contribution in [0.25, 0.3) is 11.4 Å². The summed E-state index contributed by atoms with van der Waals surface area (Å²) in [5.74, 6) is 1.58. The lowest BCUT2D eigenvalue weighted by Gasteiger charge is -2.11. The van der Waals surface area contributed by atoms with E-state index >= 15 is 0 Å². The highest BCUT2D eigenvalue weighted by atomic mass is 35.5. The van der Waals surface area contributed by atoms with Gasteiger partial charge in [-0.15, -0.1) is 0 Å². The average Bonchev–Trinajstić information content (AvgIpc) is 3.21. The minimum Gasteiger partial charge on any atom is -0.375 e. The van der Waals surface area contributed by atoms with Gasteiger partial charge in [0.25, 0.3) is 0 Å². The van der Waals surface area contributed by atoms with E-state index < -0.39 is 0 Å². The lowest BCUT2D eigenvalue weighted by atomic mass is 10.2. The molecule has 0 aliphatic carbocycles. The van der Waals surface area contributed by atoms with Crippen molar-refractivity contribution in [3.63, 3.8) is 0 Å². The number of rotatable bonds is 9. The molecule has 2 aromatic carbocycles. The highest BCUT2D eigenvalue weighted by Gasteiger charge is 2.09. The maximum atomic E-state index is 6.01. The number of guanidine groups is 1. The third-order valence-electron chi connectivity index (χ3n) is 3.92. The molecule has 0 atom stereocenters. The van der Waals surface area contributed by atoms with Crippen molar-refractivity contribution >= 4 is 17.6 Å². The van der Waals surface area contributed by atoms with Gasteiger partial charge >= 0.3 is 0 Å². The van der Waals surface area contributed by atoms with Crippen molar-refractivity contribution in [1.82, 2.24) is 20.8 Å². The summed E-state index contributed by atoms with van der Waals surface area (Å²) in [6.07, 6.45) is 0. The van der Waals surface area contributed by atoms with Gasteiger partial charge in [0.15, 0.2) is 5.96 Å². The molecule has 0 spiro atoms. The van der Waals surface area contributed by atoms with Crippen LogP contribution in [0.3, 0.4) is 0 Å². The topological polar surface area (TPSA) is 84.6 Å². The first-order valence-electron chi connectivity index (χ1n) is 9.47. The van der Waals surface area contributed by atoms with E-state index in [9.17, 15) is 0 Å². The molecule has 1 aromatic heterocycles. The normalized spacial score (nSPS) is 11.4. The lowest BCUT2D eigenvalue weighted by Crippen LogP contribution is -2.39. The molecule has 0 unspecified atom stereocenters. The highest BCUT2D eigenvalue weighted by Crippen LogP contribution is 2.20. The predicted octanol–water partition coefficient (Wildman–Crippen LogP) is 3.66. The molecular formula is C21H24ClN5O2. The maximum absolute atomic E-state index is 6.01. The lowest BCUT2D eigenvalue weighted by molar-refractivity contribution is 0.125. The zero-order valence-electron chi connectivity index (χ0n) is 16.3. The Hall–Kier alpha value is -2.90. The number of ether oxygens (including phenoxy) is 1. The smallest absolute Gasteiger partial charge is 0.248 e. The molecular weight excluding hydrogens is 390 g/mol. The van der Waals surface area contributed by atoms with Gasteiger partial charge in [0, 0.05) is 23.7 Å². The Kier molecular flexibility index (Phi) is 8.03. The first-order chi connectivity index (χ1) is 14.2. The van der Waals surface area contributed by atoms with Crippen LogP contribution in [0, 0.1) is 0 Å². The van der Waals surface area contributed by atoms with Crippen molar-refractivity contribution in [2.75, 3.05) is 19.7 Å². The van der Waals surface area contributed by atoms with Crippen molar-refractivity contribution in [3.8, 4) is 11.4 Å². The van der Waals surface area contributed by atoms with E-state index in [2.05, 4.69) is 25.8 Å². The summed E-state index contributed by atoms with van der Waals surface area (Å²) in [5, 5.41) is 11.0. The van der Waals surface area contributed by atoms with Gasteiger partial charge in [-0.05, 0) is 24.6 Å². The zero-order chi connectivity index (χ0) is 20.3. The van der Waals surface area contributed by atoms with Gasteiger partial charge in [-0.25, -0.2) is 4.99 Å². The largest absolute Gasteiger partial charge is 0.375 e. The molecule has 0 saturated carbocycles. The SMILES string of the molecule is CCNC(=NCc1nc(-c2cccc(Cl)c2)no1)NCCOCc1ccccc1. The van der Waals surface area contributed by atoms with Crippen molar-refractivity contribution in [2.24, 2.45) is 4.99 Å². The van der Waals surface area contributed by atoms with Crippen molar-refractivity contribution in [2.45, 2.75) is 20.1 Å². The van der Waals surface area contributed by atoms with Crippen LogP contribution in [0.15, 0.2) is 64.1 Å². The van der Waals surface area contributed by atoms with Gasteiger partial charge in [-0.1, -0.05) is 59.2 Å². The molecule has 0 saturated heterocycles. The summed E-state index contributed by atoms with van der Waals surface area (Å²) < 4.78 is 11.0. The Bertz CT molecular complexity index is 914. The number of benzene rings is 2. The number of nitrogens with zero attached hydrogens (tertiary/aromatic N) is 3. The maximum Gasteiger partial charge on any atom is 0.248 e. The second-order valence-corrected chi connectivity index (χ2v) is 6.62. The zero-order valence-corrected chi connectivity index (χ0v) is 17.0. The first kappa shape index (κ1) is 20.8. The molecule has 0 bridgehead atoms. The molecule has 0 amide bonds. The summed E-state index contributed by atoms with van der Waals surface area (Å²) >= 11 is 6.01. The fourth-order valence-corrected chi connectivity index (χ4v) is 2.75. The predicted molar refractivity (Wildman–Crippen MR) is 114 cm³/mol. The van der Waals surface area contributed by atoms with Crippen molar-refractivity contribution in [1.29, 1.82) is 0 Å². The Labute approximate surface area is 175 Å². The third-order valence-corrected chi connectivity index (χ3v) is 4.15. The quantitative estimate of drug-likeness (QED) is 0.316. The molecule has 3 aromatic rings. The summed E-state index contributed by atoms with van der Waals surface area (Å²) in [6.45, 7) is 4.81. The second kappa shape index (κ2) is 11.2. The van der Waals surface area contributed by atoms with Gasteiger partial charge in [-0.3, -0.25) is 0 Å². The Balaban J connectivity index is 1.47. The number of halogens is 1. The molecule has 29 heavy (non-hydrogen) atoms. The first-order valence-corrected chi connectivity index (χ1v) is 9.85. The van der Waals surface area contributed by atoms with Crippen LogP contribution in [-0.4, -0.2) is 35.8 Å². The monoisotopic (exact) mass is 413 g/mol. The molecule has 1 heterocycles. The third kappa shape index (κ3) is 6.89. The Morgan fingerprint density at radius 3 is 2.79 bits per heavy atom. The minimum atomic E-state index is 0.272. The number of hydrogen-bond donors (Lipinski definition) is 2. The van der Waals surface area contributed by atoms with Crippen molar-refractivity contribution in [3.05, 3.63) is 71.1 Å². The number of hydrogen-bond acceptors (Lipinski definition) is 5. The van der Waals surface area contributed by atoms with Crippen LogP contribution in [0.5, 0.6) is 0 Å². The Morgan fingerprint density at radius 2 is 2.00 bits per heavy atom. The standard InChI is InChI=1S/C21H24ClN5O2/c1-2-23-21(24-11-12-28-15-16-7-4-3-5-8-16)25-14-19-26-20(27-29-19)17-9-6-10-18(22)13-17/h3-10,13H,2,11-12,14-15H2,1H3,(H2,23,24,25). The van der Waals surface area contributed by atoms with Gasteiger partial charge < -0.3 is 19.9 Å². The van der Waals surface area contributed by atoms with Crippen LogP contribution in [0.4, 0.5) is 0 Å². The average molecular weight is 414 g/mol. The van der Waals surface area contributed by atoms with Gasteiger partial charge in [0.05, 0.1) is 13.2 Å². The molecule has 152 valence electrons. The number of aromatic nitrogens is 2. The van der Waals surface area contributed by atoms with E-state index in [1.165, 1.54) is 0 Å². The van der Waals surface area contributed by atoms with E-state index in [4.69, 9.17) is 20.9 Å². The van der Waals surface area contributed by atoms with E-state index in [0.717, 1.165) is 17.7 Å². The van der Waals surface area contributed by atoms with E-state index in [1.807, 2.05) is 49.4 Å². The fourth-order valence-electron chi connectivity index (χ4n) is 2.56. The molecule has 0 aliphatic rings. The van der Waals surface area contributed by atoms with Gasteiger partial charge in [0.1, 0.15) is 6.54 Å². The summed E-state index contributed by atoms with van der Waals surface area (Å²) in [4.78, 5) is 8.85. The summed E-state index contributed by atoms with van der Waals surface area (Å²) in [7, 11) is 0. The van der Waals surface area contributed by atoms with Crippen LogP contribution >= 0.6 is 11.6 Å². The second-order valence-electron chi connectivity index (χ2n) is 6.18. The summed E-state index contributed by atoms with van der Waals surface area (Å²) in [5.41, 5.74) is 1.96. The molecule has 7 nitrogen and oxygen atoms in total. The van der Waals surface area contributed by atoms with Crippen LogP contribution in [-0.2, 0) is 17.9 Å². The number of aliphatic imine (C=N–C) groups is 1. The molecule has 8 heteroatoms. The van der Waals surface area contributed by atoms with Crippen LogP contribution < -0.4 is 10.6 Å². The van der Waals surface area contributed by atoms with Gasteiger partial charge in [0.2, 0.25) is 11.7 Å². The Morgan fingerprint density at radius 1 is 1.14 bits per heavy atom. The van der Waals surface area contributed by atoms with Crippen LogP contribution in [0.2, 0.25) is 5.02 Å². The van der Waals surface area contributed by atoms with E-state index in [1.54, 1.807) is 12.1 Å². The van der Waals surface area contributed by atoms with E-state index in [-0.39, 0.29) is 6.54 Å². The molecule has 0 radical (unpaired) electrons. The molecule has 3 rings (SSSR count).